The summed E-state index contributed by atoms with van der Waals surface area (Å²) in [6.07, 6.45) is 4.37. The van der Waals surface area contributed by atoms with Crippen LogP contribution in [0.1, 0.15) is 53.3 Å². The molecule has 9 rings (SSSR count). The van der Waals surface area contributed by atoms with Crippen molar-refractivity contribution in [3.05, 3.63) is 102 Å². The second kappa shape index (κ2) is 19.6. The molecule has 3 aromatic carbocycles. The number of methoxy groups -OCH3 is 1. The first kappa shape index (κ1) is 47.7. The van der Waals surface area contributed by atoms with Gasteiger partial charge in [-0.1, -0.05) is 0 Å². The predicted octanol–water partition coefficient (Wildman–Crippen LogP) is 6.20. The van der Waals surface area contributed by atoms with Gasteiger partial charge in [-0.05, 0) is 105 Å². The highest BCUT2D eigenvalue weighted by Crippen LogP contribution is 2.48. The van der Waals surface area contributed by atoms with Crippen LogP contribution in [-0.4, -0.2) is 133 Å². The maximum atomic E-state index is 16.2. The summed E-state index contributed by atoms with van der Waals surface area (Å²) in [6.45, 7) is 4.33. The number of nitrogens with one attached hydrogen (secondary N) is 4. The van der Waals surface area contributed by atoms with Crippen molar-refractivity contribution in [1.82, 2.24) is 30.0 Å². The zero-order valence-electron chi connectivity index (χ0n) is 38.9. The van der Waals surface area contributed by atoms with E-state index in [1.54, 1.807) is 43.6 Å². The Morgan fingerprint density at radius 2 is 1.47 bits per heavy atom. The molecule has 366 valence electrons. The molecule has 4 N–H and O–H groups in total. The lowest BCUT2D eigenvalue weighted by molar-refractivity contribution is -0.200. The van der Waals surface area contributed by atoms with Crippen molar-refractivity contribution in [3.8, 4) is 17.2 Å². The minimum Gasteiger partial charge on any atom is -0.495 e. The third-order valence-electron chi connectivity index (χ3n) is 13.8. The summed E-state index contributed by atoms with van der Waals surface area (Å²) in [5, 5.41) is 11.8. The van der Waals surface area contributed by atoms with E-state index >= 15 is 8.78 Å². The summed E-state index contributed by atoms with van der Waals surface area (Å²) < 4.78 is 57.8. The Balaban J connectivity index is 0.760. The van der Waals surface area contributed by atoms with Crippen LogP contribution in [0.5, 0.6) is 17.2 Å². The van der Waals surface area contributed by atoms with Crippen molar-refractivity contribution in [2.45, 2.75) is 44.7 Å². The lowest BCUT2D eigenvalue weighted by Crippen LogP contribution is -2.57. The number of ether oxygens (including phenoxy) is 2. The normalized spacial score (nSPS) is 17.7. The van der Waals surface area contributed by atoms with Gasteiger partial charge in [0.05, 0.1) is 29.4 Å². The number of piperidine rings is 1. The summed E-state index contributed by atoms with van der Waals surface area (Å²) in [6, 6.07) is 15.0. The van der Waals surface area contributed by atoms with Crippen LogP contribution in [-0.2, 0) is 14.4 Å². The zero-order valence-corrected chi connectivity index (χ0v) is 38.9. The first-order valence-electron chi connectivity index (χ1n) is 23.3. The molecule has 5 heterocycles. The van der Waals surface area contributed by atoms with Crippen molar-refractivity contribution < 1.29 is 46.6 Å². The van der Waals surface area contributed by atoms with E-state index in [4.69, 9.17) is 9.47 Å². The molecule has 3 fully saturated rings. The SMILES string of the molecule is CNC(=O)C(C)N1C(=O)c2ccnc(NCCN3CCN(C(F)(F)C4CCN(c5cc6nccc(Oc7ccc(NC(=O)C8(C(=O)Nc9ccc(F)cc9)CC8)cc7)c6cc5OC)CC4)CC3)c2C1=O. The molecule has 5 aromatic rings. The number of fused-ring (bicyclic) bond motifs is 2. The third-order valence-corrected chi connectivity index (χ3v) is 13.8. The van der Waals surface area contributed by atoms with E-state index in [-0.39, 0.29) is 42.9 Å². The molecule has 1 saturated carbocycles. The number of amides is 5. The van der Waals surface area contributed by atoms with Crippen molar-refractivity contribution in [1.29, 1.82) is 0 Å². The smallest absolute Gasteiger partial charge is 0.307 e. The van der Waals surface area contributed by atoms with Gasteiger partial charge in [-0.2, -0.15) is 8.78 Å². The molecule has 17 nitrogen and oxygen atoms in total. The van der Waals surface area contributed by atoms with Gasteiger partial charge in [0.2, 0.25) is 17.7 Å². The number of likely N-dealkylation sites (N-methyl/N-ethyl adjacent to an activating group) is 1. The number of carbonyl (C=O) groups is 5. The first-order valence-corrected chi connectivity index (χ1v) is 23.3. The van der Waals surface area contributed by atoms with Crippen molar-refractivity contribution in [2.75, 3.05) is 87.4 Å². The number of hydrogen-bond acceptors (Lipinski definition) is 13. The standard InChI is InChI=1S/C50H53F3N10O7/c1-30(44(64)54-2)63-45(65)36-12-18-56-43(42(36)46(63)66)57-20-23-60-24-26-62(27-25-60)50(52,53)31-14-21-61(22-15-31)39-29-38-37(28-41(39)69-3)40(13-19-55-38)70-35-10-8-34(9-11-35)59-48(68)49(16-17-49)47(67)58-33-6-4-32(51)5-7-33/h4-13,18-19,28-31H,14-17,20-27H2,1-3H3,(H,54,64)(H,56,57)(H,58,67)(H,59,68). The van der Waals surface area contributed by atoms with Crippen LogP contribution in [0.3, 0.4) is 0 Å². The summed E-state index contributed by atoms with van der Waals surface area (Å²) in [4.78, 5) is 79.9. The second-order valence-electron chi connectivity index (χ2n) is 17.9. The van der Waals surface area contributed by atoms with Crippen LogP contribution in [0.2, 0.25) is 0 Å². The highest BCUT2D eigenvalue weighted by Gasteiger charge is 2.56. The molecule has 2 aromatic heterocycles. The Labute approximate surface area is 401 Å². The fourth-order valence-corrected chi connectivity index (χ4v) is 9.43. The number of carbonyl (C=O) groups excluding carboxylic acids is 5. The number of benzene rings is 3. The number of halogens is 3. The van der Waals surface area contributed by atoms with E-state index in [2.05, 4.69) is 41.0 Å². The van der Waals surface area contributed by atoms with Gasteiger partial charge in [0.15, 0.2) is 0 Å². The largest absolute Gasteiger partial charge is 0.495 e. The summed E-state index contributed by atoms with van der Waals surface area (Å²) in [7, 11) is 2.99. The fourth-order valence-electron chi connectivity index (χ4n) is 9.43. The van der Waals surface area contributed by atoms with E-state index in [0.717, 1.165) is 10.6 Å². The molecular formula is C50H53F3N10O7. The number of aromatic nitrogens is 2. The monoisotopic (exact) mass is 962 g/mol. The Morgan fingerprint density at radius 3 is 2.10 bits per heavy atom. The maximum absolute atomic E-state index is 16.2. The molecule has 20 heteroatoms. The van der Waals surface area contributed by atoms with E-state index in [1.807, 2.05) is 12.1 Å². The molecular weight excluding hydrogens is 910 g/mol. The molecule has 70 heavy (non-hydrogen) atoms. The highest BCUT2D eigenvalue weighted by atomic mass is 19.3. The van der Waals surface area contributed by atoms with Gasteiger partial charge in [0.1, 0.15) is 40.3 Å². The van der Waals surface area contributed by atoms with Crippen LogP contribution < -0.4 is 35.6 Å². The van der Waals surface area contributed by atoms with E-state index in [9.17, 15) is 28.4 Å². The highest BCUT2D eigenvalue weighted by molar-refractivity contribution is 6.24. The van der Waals surface area contributed by atoms with Gasteiger partial charge in [-0.3, -0.25) is 38.8 Å². The lowest BCUT2D eigenvalue weighted by Gasteiger charge is -2.44. The quantitative estimate of drug-likeness (QED) is 0.0498. The fraction of sp³-hybridized carbons (Fsp3) is 0.380. The number of rotatable bonds is 16. The van der Waals surface area contributed by atoms with Crippen LogP contribution >= 0.6 is 0 Å². The minimum absolute atomic E-state index is 0.110. The van der Waals surface area contributed by atoms with Crippen LogP contribution in [0, 0.1) is 17.2 Å². The zero-order chi connectivity index (χ0) is 49.3. The molecule has 3 aliphatic heterocycles. The predicted molar refractivity (Wildman–Crippen MR) is 255 cm³/mol. The van der Waals surface area contributed by atoms with Gasteiger partial charge in [-0.15, -0.1) is 0 Å². The molecule has 5 amide bonds. The lowest BCUT2D eigenvalue weighted by atomic mass is 9.92. The molecule has 2 saturated heterocycles. The van der Waals surface area contributed by atoms with Crippen molar-refractivity contribution >= 4 is 63.3 Å². The Bertz CT molecular complexity index is 2810. The maximum Gasteiger partial charge on any atom is 0.307 e. The molecule has 0 spiro atoms. The topological polar surface area (TPSA) is 191 Å². The average Bonchev–Trinajstić information content (AvgIpc) is 4.15. The Morgan fingerprint density at radius 1 is 0.829 bits per heavy atom. The number of alkyl halides is 2. The first-order chi connectivity index (χ1) is 33.7. The number of hydrogen-bond donors (Lipinski definition) is 4. The van der Waals surface area contributed by atoms with Gasteiger partial charge >= 0.3 is 6.05 Å². The van der Waals surface area contributed by atoms with Crippen LogP contribution in [0.15, 0.2) is 85.2 Å². The van der Waals surface area contributed by atoms with Crippen LogP contribution in [0.4, 0.5) is 36.1 Å². The van der Waals surface area contributed by atoms with E-state index in [1.165, 1.54) is 55.4 Å². The number of pyridine rings is 2. The number of imide groups is 1. The van der Waals surface area contributed by atoms with Crippen molar-refractivity contribution in [3.63, 3.8) is 0 Å². The molecule has 1 unspecified atom stereocenters. The minimum atomic E-state index is -3.01. The molecule has 4 aliphatic rings. The second-order valence-corrected chi connectivity index (χ2v) is 17.9. The Kier molecular flexibility index (Phi) is 13.4. The van der Waals surface area contributed by atoms with Gasteiger partial charge in [0.25, 0.3) is 11.8 Å². The van der Waals surface area contributed by atoms with E-state index in [0.29, 0.717) is 91.6 Å². The van der Waals surface area contributed by atoms with Gasteiger partial charge in [0, 0.05) is 94.5 Å². The molecule has 1 atom stereocenters. The number of piperazine rings is 1. The van der Waals surface area contributed by atoms with Crippen LogP contribution in [0.25, 0.3) is 10.9 Å². The molecule has 1 aliphatic carbocycles. The van der Waals surface area contributed by atoms with E-state index < -0.39 is 58.8 Å². The van der Waals surface area contributed by atoms with Crippen molar-refractivity contribution in [2.24, 2.45) is 11.3 Å². The summed E-state index contributed by atoms with van der Waals surface area (Å²) >= 11 is 0. The number of nitrogens with zero attached hydrogens (tertiary/aromatic N) is 6. The molecule has 0 radical (unpaired) electrons. The number of anilines is 4. The Hall–Kier alpha value is -7.32. The molecule has 0 bridgehead atoms. The van der Waals surface area contributed by atoms with Gasteiger partial charge in [-0.25, -0.2) is 14.3 Å². The third kappa shape index (κ3) is 9.39. The summed E-state index contributed by atoms with van der Waals surface area (Å²) in [5.41, 5.74) is 1.31. The average molecular weight is 963 g/mol. The van der Waals surface area contributed by atoms with Gasteiger partial charge < -0.3 is 35.6 Å². The summed E-state index contributed by atoms with van der Waals surface area (Å²) in [5.74, 6) is -2.03.